The number of carbonyl (C=O) groups is 1. The number of nitrogens with zero attached hydrogens (tertiary/aromatic N) is 3. The van der Waals surface area contributed by atoms with Gasteiger partial charge >= 0.3 is 0 Å². The molecule has 0 aliphatic carbocycles. The van der Waals surface area contributed by atoms with E-state index in [0.29, 0.717) is 11.5 Å². The SMILES string of the molecule is Cc1cnc(-c2ccc3cc(C=O)[nH]c3c2)nc1Nc1ccc(-c2cn[nH]c2)cc1. The molecule has 0 amide bonds. The molecule has 30 heavy (non-hydrogen) atoms. The molecule has 0 spiro atoms. The van der Waals surface area contributed by atoms with Crippen LogP contribution in [0, 0.1) is 6.92 Å². The second-order valence-electron chi connectivity index (χ2n) is 7.06. The van der Waals surface area contributed by atoms with Crippen LogP contribution in [-0.2, 0) is 0 Å². The van der Waals surface area contributed by atoms with E-state index < -0.39 is 0 Å². The van der Waals surface area contributed by atoms with E-state index in [1.54, 1.807) is 12.4 Å². The van der Waals surface area contributed by atoms with Crippen molar-refractivity contribution in [2.45, 2.75) is 6.92 Å². The van der Waals surface area contributed by atoms with Gasteiger partial charge in [-0.2, -0.15) is 5.10 Å². The highest BCUT2D eigenvalue weighted by Crippen LogP contribution is 2.26. The quantitative estimate of drug-likeness (QED) is 0.369. The Bertz CT molecular complexity index is 1340. The monoisotopic (exact) mass is 394 g/mol. The second-order valence-corrected chi connectivity index (χ2v) is 7.06. The number of anilines is 2. The highest BCUT2D eigenvalue weighted by Gasteiger charge is 2.09. The van der Waals surface area contributed by atoms with Crippen LogP contribution in [0.5, 0.6) is 0 Å². The zero-order valence-electron chi connectivity index (χ0n) is 16.2. The van der Waals surface area contributed by atoms with E-state index in [1.807, 2.05) is 61.7 Å². The van der Waals surface area contributed by atoms with Gasteiger partial charge in [0.1, 0.15) is 5.82 Å². The fraction of sp³-hybridized carbons (Fsp3) is 0.0435. The highest BCUT2D eigenvalue weighted by atomic mass is 16.1. The number of carbonyl (C=O) groups excluding carboxylic acids is 1. The molecule has 7 heteroatoms. The van der Waals surface area contributed by atoms with Gasteiger partial charge < -0.3 is 10.3 Å². The van der Waals surface area contributed by atoms with Gasteiger partial charge in [-0.15, -0.1) is 0 Å². The Hall–Kier alpha value is -4.26. The van der Waals surface area contributed by atoms with Crippen LogP contribution >= 0.6 is 0 Å². The molecule has 5 aromatic rings. The van der Waals surface area contributed by atoms with Gasteiger partial charge in [0.05, 0.1) is 11.9 Å². The molecule has 0 aliphatic heterocycles. The summed E-state index contributed by atoms with van der Waals surface area (Å²) in [4.78, 5) is 23.3. The van der Waals surface area contributed by atoms with E-state index in [4.69, 9.17) is 4.98 Å². The summed E-state index contributed by atoms with van der Waals surface area (Å²) in [5.74, 6) is 1.36. The van der Waals surface area contributed by atoms with Crippen LogP contribution < -0.4 is 5.32 Å². The Kier molecular flexibility index (Phi) is 4.33. The molecule has 0 atom stereocenters. The Balaban J connectivity index is 1.44. The predicted molar refractivity (Wildman–Crippen MR) is 117 cm³/mol. The molecule has 2 aromatic carbocycles. The predicted octanol–water partition coefficient (Wildman–Crippen LogP) is 4.88. The van der Waals surface area contributed by atoms with Crippen molar-refractivity contribution in [2.75, 3.05) is 5.32 Å². The van der Waals surface area contributed by atoms with Crippen molar-refractivity contribution in [1.29, 1.82) is 0 Å². The number of benzene rings is 2. The van der Waals surface area contributed by atoms with Crippen molar-refractivity contribution in [1.82, 2.24) is 25.1 Å². The number of fused-ring (bicyclic) bond motifs is 1. The minimum Gasteiger partial charge on any atom is -0.352 e. The summed E-state index contributed by atoms with van der Waals surface area (Å²) in [7, 11) is 0. The molecule has 3 N–H and O–H groups in total. The number of H-pyrrole nitrogens is 2. The zero-order valence-corrected chi connectivity index (χ0v) is 16.2. The van der Waals surface area contributed by atoms with Crippen molar-refractivity contribution < 1.29 is 4.79 Å². The molecule has 0 radical (unpaired) electrons. The topological polar surface area (TPSA) is 99.3 Å². The summed E-state index contributed by atoms with van der Waals surface area (Å²) in [6.07, 6.45) is 6.27. The molecular weight excluding hydrogens is 376 g/mol. The summed E-state index contributed by atoms with van der Waals surface area (Å²) in [6.45, 7) is 1.97. The molecule has 0 unspecified atom stereocenters. The Labute approximate surface area is 172 Å². The maximum absolute atomic E-state index is 11.0. The van der Waals surface area contributed by atoms with E-state index >= 15 is 0 Å². The number of aryl methyl sites for hydroxylation is 1. The highest BCUT2D eigenvalue weighted by molar-refractivity contribution is 5.90. The standard InChI is InChI=1S/C23H18N6O/c1-14-10-24-23(17-3-2-16-8-20(13-30)27-21(16)9-17)29-22(14)28-19-6-4-15(5-7-19)18-11-25-26-12-18/h2-13,27H,1H3,(H,25,26)(H,24,28,29). The van der Waals surface area contributed by atoms with Crippen LogP contribution in [0.2, 0.25) is 0 Å². The Morgan fingerprint density at radius 3 is 2.57 bits per heavy atom. The van der Waals surface area contributed by atoms with E-state index in [0.717, 1.165) is 50.9 Å². The molecule has 5 rings (SSSR count). The molecule has 0 saturated heterocycles. The normalized spacial score (nSPS) is 11.0. The van der Waals surface area contributed by atoms with E-state index in [1.165, 1.54) is 0 Å². The van der Waals surface area contributed by atoms with Crippen LogP contribution in [0.3, 0.4) is 0 Å². The third-order valence-electron chi connectivity index (χ3n) is 4.98. The number of aromatic amines is 2. The summed E-state index contributed by atoms with van der Waals surface area (Å²) >= 11 is 0. The molecule has 146 valence electrons. The molecule has 0 saturated carbocycles. The number of aromatic nitrogens is 5. The maximum Gasteiger partial charge on any atom is 0.166 e. The summed E-state index contributed by atoms with van der Waals surface area (Å²) in [5, 5.41) is 11.2. The first-order valence-corrected chi connectivity index (χ1v) is 9.48. The Morgan fingerprint density at radius 1 is 0.967 bits per heavy atom. The molecular formula is C23H18N6O. The first-order chi connectivity index (χ1) is 14.7. The third kappa shape index (κ3) is 3.33. The number of aldehydes is 1. The van der Waals surface area contributed by atoms with E-state index in [9.17, 15) is 4.79 Å². The average Bonchev–Trinajstić information content (AvgIpc) is 3.45. The smallest absolute Gasteiger partial charge is 0.166 e. The van der Waals surface area contributed by atoms with Gasteiger partial charge in [0.15, 0.2) is 12.1 Å². The van der Waals surface area contributed by atoms with Gasteiger partial charge in [0.2, 0.25) is 0 Å². The molecule has 0 fully saturated rings. The third-order valence-corrected chi connectivity index (χ3v) is 4.98. The van der Waals surface area contributed by atoms with Crippen LogP contribution in [-0.4, -0.2) is 31.4 Å². The van der Waals surface area contributed by atoms with Gasteiger partial charge in [0, 0.05) is 45.7 Å². The zero-order chi connectivity index (χ0) is 20.5. The molecule has 7 nitrogen and oxygen atoms in total. The number of rotatable bonds is 5. The van der Waals surface area contributed by atoms with Crippen molar-refractivity contribution in [3.8, 4) is 22.5 Å². The van der Waals surface area contributed by atoms with Crippen LogP contribution in [0.1, 0.15) is 16.1 Å². The fourth-order valence-electron chi connectivity index (χ4n) is 3.35. The fourth-order valence-corrected chi connectivity index (χ4v) is 3.35. The van der Waals surface area contributed by atoms with Crippen LogP contribution in [0.15, 0.2) is 67.1 Å². The van der Waals surface area contributed by atoms with Crippen molar-refractivity contribution in [3.63, 3.8) is 0 Å². The summed E-state index contributed by atoms with van der Waals surface area (Å²) < 4.78 is 0. The lowest BCUT2D eigenvalue weighted by Crippen LogP contribution is -2.00. The lowest BCUT2D eigenvalue weighted by atomic mass is 10.1. The van der Waals surface area contributed by atoms with Crippen molar-refractivity contribution >= 4 is 28.7 Å². The summed E-state index contributed by atoms with van der Waals surface area (Å²) in [5.41, 5.74) is 6.31. The summed E-state index contributed by atoms with van der Waals surface area (Å²) in [6, 6.07) is 15.8. The van der Waals surface area contributed by atoms with Gasteiger partial charge in [-0.1, -0.05) is 24.3 Å². The molecule has 3 aromatic heterocycles. The van der Waals surface area contributed by atoms with E-state index in [-0.39, 0.29) is 0 Å². The Morgan fingerprint density at radius 2 is 1.80 bits per heavy atom. The average molecular weight is 394 g/mol. The van der Waals surface area contributed by atoms with Crippen LogP contribution in [0.25, 0.3) is 33.4 Å². The minimum absolute atomic E-state index is 0.549. The minimum atomic E-state index is 0.549. The number of hydrogen-bond donors (Lipinski definition) is 3. The first kappa shape index (κ1) is 17.8. The van der Waals surface area contributed by atoms with Crippen molar-refractivity contribution in [3.05, 3.63) is 78.4 Å². The lowest BCUT2D eigenvalue weighted by molar-refractivity contribution is 0.112. The maximum atomic E-state index is 11.0. The van der Waals surface area contributed by atoms with E-state index in [2.05, 4.69) is 25.5 Å². The number of hydrogen-bond acceptors (Lipinski definition) is 5. The van der Waals surface area contributed by atoms with Crippen LogP contribution in [0.4, 0.5) is 11.5 Å². The van der Waals surface area contributed by atoms with Gasteiger partial charge in [0.25, 0.3) is 0 Å². The number of nitrogens with one attached hydrogen (secondary N) is 3. The largest absolute Gasteiger partial charge is 0.352 e. The first-order valence-electron chi connectivity index (χ1n) is 9.48. The van der Waals surface area contributed by atoms with Gasteiger partial charge in [-0.3, -0.25) is 9.89 Å². The second kappa shape index (κ2) is 7.29. The van der Waals surface area contributed by atoms with Gasteiger partial charge in [-0.05, 0) is 36.8 Å². The van der Waals surface area contributed by atoms with Crippen molar-refractivity contribution in [2.24, 2.45) is 0 Å². The van der Waals surface area contributed by atoms with Gasteiger partial charge in [-0.25, -0.2) is 9.97 Å². The molecule has 0 bridgehead atoms. The lowest BCUT2D eigenvalue weighted by Gasteiger charge is -2.11. The molecule has 3 heterocycles. The molecule has 0 aliphatic rings.